The van der Waals surface area contributed by atoms with Gasteiger partial charge in [0.1, 0.15) is 0 Å². The number of carbonyl (C=O) groups excluding carboxylic acids is 2. The van der Waals surface area contributed by atoms with E-state index in [0.29, 0.717) is 6.54 Å². The largest absolute Gasteiger partial charge is 0.772 e. The number of nitrogens with one attached hydrogen (secondary N) is 1. The predicted molar refractivity (Wildman–Crippen MR) is 111 cm³/mol. The van der Waals surface area contributed by atoms with Crippen LogP contribution in [-0.4, -0.2) is 30.4 Å². The molecule has 0 aliphatic carbocycles. The summed E-state index contributed by atoms with van der Waals surface area (Å²) in [5, 5.41) is 5.74. The lowest BCUT2D eigenvalue weighted by Gasteiger charge is -2.22. The SMILES string of the molecule is NC(=O)CC(c1ccc(Cn2cccn2)cc1C(=O)NCc1ccccc1)S(=O)[O-]. The number of rotatable bonds is 9. The summed E-state index contributed by atoms with van der Waals surface area (Å²) >= 11 is -2.63. The summed E-state index contributed by atoms with van der Waals surface area (Å²) in [6, 6.07) is 16.0. The van der Waals surface area contributed by atoms with E-state index >= 15 is 0 Å². The normalized spacial score (nSPS) is 12.8. The molecule has 2 aromatic carbocycles. The molecular formula is C21H21N4O4S-. The molecular weight excluding hydrogens is 404 g/mol. The number of aromatic nitrogens is 2. The Morgan fingerprint density at radius 2 is 1.90 bits per heavy atom. The number of nitrogens with two attached hydrogens (primary N) is 1. The van der Waals surface area contributed by atoms with Gasteiger partial charge in [-0.2, -0.15) is 5.10 Å². The van der Waals surface area contributed by atoms with Crippen molar-refractivity contribution in [1.29, 1.82) is 0 Å². The van der Waals surface area contributed by atoms with Crippen molar-refractivity contribution in [2.45, 2.75) is 24.8 Å². The number of carbonyl (C=O) groups is 2. The number of hydrogen-bond donors (Lipinski definition) is 2. The maximum atomic E-state index is 13.0. The van der Waals surface area contributed by atoms with Crippen LogP contribution in [0.3, 0.4) is 0 Å². The van der Waals surface area contributed by atoms with Gasteiger partial charge in [0, 0.05) is 30.9 Å². The molecule has 3 rings (SSSR count). The van der Waals surface area contributed by atoms with E-state index in [1.807, 2.05) is 30.3 Å². The van der Waals surface area contributed by atoms with Crippen molar-refractivity contribution in [2.24, 2.45) is 5.73 Å². The molecule has 0 aliphatic heterocycles. The van der Waals surface area contributed by atoms with Crippen molar-refractivity contribution in [3.05, 3.63) is 89.2 Å². The molecule has 2 atom stereocenters. The highest BCUT2D eigenvalue weighted by Crippen LogP contribution is 2.27. The first-order valence-electron chi connectivity index (χ1n) is 9.23. The van der Waals surface area contributed by atoms with Crippen LogP contribution >= 0.6 is 0 Å². The zero-order valence-electron chi connectivity index (χ0n) is 16.1. The van der Waals surface area contributed by atoms with E-state index in [4.69, 9.17) is 5.73 Å². The predicted octanol–water partition coefficient (Wildman–Crippen LogP) is 1.66. The molecule has 0 spiro atoms. The summed E-state index contributed by atoms with van der Waals surface area (Å²) in [6.45, 7) is 0.691. The zero-order chi connectivity index (χ0) is 21.5. The Morgan fingerprint density at radius 3 is 2.53 bits per heavy atom. The van der Waals surface area contributed by atoms with E-state index in [0.717, 1.165) is 11.1 Å². The minimum atomic E-state index is -2.63. The summed E-state index contributed by atoms with van der Waals surface area (Å²) in [7, 11) is 0. The Bertz CT molecular complexity index is 1040. The molecule has 0 radical (unpaired) electrons. The highest BCUT2D eigenvalue weighted by atomic mass is 32.2. The summed E-state index contributed by atoms with van der Waals surface area (Å²) < 4.78 is 25.2. The molecule has 9 heteroatoms. The molecule has 3 aromatic rings. The van der Waals surface area contributed by atoms with Crippen molar-refractivity contribution in [3.63, 3.8) is 0 Å². The van der Waals surface area contributed by atoms with Gasteiger partial charge in [0.15, 0.2) is 0 Å². The number of primary amides is 1. The molecule has 0 saturated heterocycles. The van der Waals surface area contributed by atoms with Gasteiger partial charge in [-0.1, -0.05) is 42.5 Å². The van der Waals surface area contributed by atoms with Crippen LogP contribution in [0.25, 0.3) is 0 Å². The van der Waals surface area contributed by atoms with Crippen LogP contribution in [0.15, 0.2) is 67.0 Å². The van der Waals surface area contributed by atoms with Crippen LogP contribution in [-0.2, 0) is 29.0 Å². The van der Waals surface area contributed by atoms with E-state index in [-0.39, 0.29) is 17.7 Å². The van der Waals surface area contributed by atoms with Gasteiger partial charge in [-0.05, 0) is 39.9 Å². The van der Waals surface area contributed by atoms with Crippen molar-refractivity contribution in [3.8, 4) is 0 Å². The van der Waals surface area contributed by atoms with Crippen molar-refractivity contribution >= 4 is 22.9 Å². The lowest BCUT2D eigenvalue weighted by molar-refractivity contribution is -0.118. The quantitative estimate of drug-likeness (QED) is 0.504. The van der Waals surface area contributed by atoms with Gasteiger partial charge < -0.3 is 15.6 Å². The average Bonchev–Trinajstić information content (AvgIpc) is 3.24. The fourth-order valence-electron chi connectivity index (χ4n) is 3.10. The average molecular weight is 425 g/mol. The van der Waals surface area contributed by atoms with Crippen LogP contribution in [0.5, 0.6) is 0 Å². The van der Waals surface area contributed by atoms with Crippen molar-refractivity contribution < 1.29 is 18.4 Å². The molecule has 0 bridgehead atoms. The summed E-state index contributed by atoms with van der Waals surface area (Å²) in [6.07, 6.45) is 3.02. The Hall–Kier alpha value is -3.30. The van der Waals surface area contributed by atoms with E-state index in [1.54, 1.807) is 41.3 Å². The fraction of sp³-hybridized carbons (Fsp3) is 0.190. The second kappa shape index (κ2) is 9.95. The molecule has 1 aromatic heterocycles. The molecule has 0 saturated carbocycles. The highest BCUT2D eigenvalue weighted by Gasteiger charge is 2.22. The van der Waals surface area contributed by atoms with Gasteiger partial charge in [-0.3, -0.25) is 18.5 Å². The number of hydrogen-bond acceptors (Lipinski definition) is 5. The third-order valence-corrected chi connectivity index (χ3v) is 5.41. The first kappa shape index (κ1) is 21.4. The molecule has 2 unspecified atom stereocenters. The lowest BCUT2D eigenvalue weighted by atomic mass is 9.98. The van der Waals surface area contributed by atoms with Crippen LogP contribution in [0.1, 0.15) is 38.7 Å². The number of amides is 2. The van der Waals surface area contributed by atoms with Crippen LogP contribution in [0, 0.1) is 0 Å². The molecule has 8 nitrogen and oxygen atoms in total. The third kappa shape index (κ3) is 5.62. The lowest BCUT2D eigenvalue weighted by Crippen LogP contribution is -2.26. The maximum absolute atomic E-state index is 13.0. The Morgan fingerprint density at radius 1 is 1.13 bits per heavy atom. The molecule has 3 N–H and O–H groups in total. The Labute approximate surface area is 176 Å². The molecule has 156 valence electrons. The minimum absolute atomic E-state index is 0.186. The summed E-state index contributed by atoms with van der Waals surface area (Å²) in [5.74, 6) is -1.20. The summed E-state index contributed by atoms with van der Waals surface area (Å²) in [4.78, 5) is 24.4. The smallest absolute Gasteiger partial charge is 0.251 e. The molecule has 30 heavy (non-hydrogen) atoms. The number of benzene rings is 2. The van der Waals surface area contributed by atoms with Crippen molar-refractivity contribution in [2.75, 3.05) is 0 Å². The standard InChI is InChI=1S/C21H22N4O4S/c22-20(26)12-19(30(28)29)17-8-7-16(14-25-10-4-9-24-25)11-18(17)21(27)23-13-15-5-2-1-3-6-15/h1-11,19H,12-14H2,(H2,22,26)(H,23,27)(H,28,29)/p-1. The minimum Gasteiger partial charge on any atom is -0.772 e. The van der Waals surface area contributed by atoms with Gasteiger partial charge in [-0.15, -0.1) is 0 Å². The van der Waals surface area contributed by atoms with Gasteiger partial charge in [0.2, 0.25) is 5.91 Å². The number of nitrogens with zero attached hydrogens (tertiary/aromatic N) is 2. The topological polar surface area (TPSA) is 130 Å². The highest BCUT2D eigenvalue weighted by molar-refractivity contribution is 7.79. The second-order valence-corrected chi connectivity index (χ2v) is 7.80. The second-order valence-electron chi connectivity index (χ2n) is 6.71. The van der Waals surface area contributed by atoms with Crippen LogP contribution in [0.4, 0.5) is 0 Å². The maximum Gasteiger partial charge on any atom is 0.251 e. The van der Waals surface area contributed by atoms with E-state index in [1.165, 1.54) is 0 Å². The molecule has 1 heterocycles. The van der Waals surface area contributed by atoms with E-state index < -0.39 is 34.6 Å². The van der Waals surface area contributed by atoms with Crippen LogP contribution < -0.4 is 11.1 Å². The third-order valence-electron chi connectivity index (χ3n) is 4.53. The Balaban J connectivity index is 1.92. The monoisotopic (exact) mass is 425 g/mol. The van der Waals surface area contributed by atoms with Crippen molar-refractivity contribution in [1.82, 2.24) is 15.1 Å². The first-order chi connectivity index (χ1) is 14.4. The molecule has 0 aliphatic rings. The molecule has 2 amide bonds. The van der Waals surface area contributed by atoms with Gasteiger partial charge >= 0.3 is 0 Å². The first-order valence-corrected chi connectivity index (χ1v) is 10.4. The summed E-state index contributed by atoms with van der Waals surface area (Å²) in [5.41, 5.74) is 7.31. The van der Waals surface area contributed by atoms with Gasteiger partial charge in [-0.25, -0.2) is 0 Å². The van der Waals surface area contributed by atoms with Crippen LogP contribution in [0.2, 0.25) is 0 Å². The van der Waals surface area contributed by atoms with Gasteiger partial charge in [0.05, 0.1) is 11.8 Å². The van der Waals surface area contributed by atoms with E-state index in [9.17, 15) is 18.4 Å². The molecule has 0 fully saturated rings. The Kier molecular flexibility index (Phi) is 7.10. The van der Waals surface area contributed by atoms with E-state index in [2.05, 4.69) is 10.4 Å². The fourth-order valence-corrected chi connectivity index (χ4v) is 3.81. The van der Waals surface area contributed by atoms with Gasteiger partial charge in [0.25, 0.3) is 5.91 Å². The zero-order valence-corrected chi connectivity index (χ0v) is 16.9.